The Kier molecular flexibility index (Phi) is 2.88. The minimum Gasteiger partial charge on any atom is -0.330 e. The minimum absolute atomic E-state index is 0.697. The van der Waals surface area contributed by atoms with Gasteiger partial charge >= 0.3 is 0 Å². The fraction of sp³-hybridized carbons (Fsp3) is 0.182. The third kappa shape index (κ3) is 2.28. The number of pyridine rings is 1. The van der Waals surface area contributed by atoms with E-state index in [1.54, 1.807) is 18.6 Å². The summed E-state index contributed by atoms with van der Waals surface area (Å²) in [7, 11) is 0. The van der Waals surface area contributed by atoms with Gasteiger partial charge in [0.1, 0.15) is 0 Å². The quantitative estimate of drug-likeness (QED) is 0.711. The lowest BCUT2D eigenvalue weighted by atomic mass is 10.5. The molecule has 0 spiro atoms. The van der Waals surface area contributed by atoms with Crippen LogP contribution in [0.3, 0.4) is 0 Å². The lowest BCUT2D eigenvalue weighted by Gasteiger charge is -1.97. The molecule has 4 nitrogen and oxygen atoms in total. The Bertz CT molecular complexity index is 445. The standard InChI is InChI=1S/C11H12N4/c1-2-15-8-7-13-11(15)9-14-10-5-3-4-6-12-10/h3-9H,2H2,1H3. The molecule has 0 saturated heterocycles. The Morgan fingerprint density at radius 3 is 3.00 bits per heavy atom. The summed E-state index contributed by atoms with van der Waals surface area (Å²) < 4.78 is 2.02. The number of aliphatic imine (C=N–C) groups is 1. The molecule has 0 atom stereocenters. The summed E-state index contributed by atoms with van der Waals surface area (Å²) in [4.78, 5) is 12.5. The van der Waals surface area contributed by atoms with E-state index < -0.39 is 0 Å². The van der Waals surface area contributed by atoms with Gasteiger partial charge in [-0.3, -0.25) is 0 Å². The van der Waals surface area contributed by atoms with Gasteiger partial charge in [0.2, 0.25) is 0 Å². The molecule has 2 rings (SSSR count). The average Bonchev–Trinajstić information content (AvgIpc) is 2.75. The molecule has 0 bridgehead atoms. The van der Waals surface area contributed by atoms with E-state index in [1.165, 1.54) is 0 Å². The van der Waals surface area contributed by atoms with Crippen LogP contribution in [0.25, 0.3) is 0 Å². The van der Waals surface area contributed by atoms with Crippen molar-refractivity contribution in [3.05, 3.63) is 42.6 Å². The predicted octanol–water partition coefficient (Wildman–Crippen LogP) is 2.05. The molecule has 2 aromatic heterocycles. The monoisotopic (exact) mass is 200 g/mol. The van der Waals surface area contributed by atoms with E-state index in [2.05, 4.69) is 21.9 Å². The van der Waals surface area contributed by atoms with Crippen LogP contribution < -0.4 is 0 Å². The molecule has 0 aromatic carbocycles. The van der Waals surface area contributed by atoms with Gasteiger partial charge in [-0.05, 0) is 19.1 Å². The normalized spacial score (nSPS) is 11.0. The Hall–Kier alpha value is -1.97. The van der Waals surface area contributed by atoms with E-state index in [1.807, 2.05) is 29.0 Å². The minimum atomic E-state index is 0.697. The summed E-state index contributed by atoms with van der Waals surface area (Å²) in [5.74, 6) is 1.55. The number of aryl methyl sites for hydroxylation is 1. The number of aromatic nitrogens is 3. The topological polar surface area (TPSA) is 43.1 Å². The van der Waals surface area contributed by atoms with Crippen LogP contribution in [0.5, 0.6) is 0 Å². The molecule has 2 aromatic rings. The van der Waals surface area contributed by atoms with Crippen LogP contribution in [0, 0.1) is 0 Å². The third-order valence-electron chi connectivity index (χ3n) is 2.05. The molecule has 0 amide bonds. The maximum absolute atomic E-state index is 4.24. The summed E-state index contributed by atoms with van der Waals surface area (Å²) in [5.41, 5.74) is 0. The second-order valence-corrected chi connectivity index (χ2v) is 3.02. The number of nitrogens with zero attached hydrogens (tertiary/aromatic N) is 4. The van der Waals surface area contributed by atoms with Gasteiger partial charge in [0, 0.05) is 25.1 Å². The van der Waals surface area contributed by atoms with Crippen LogP contribution in [0.2, 0.25) is 0 Å². The largest absolute Gasteiger partial charge is 0.330 e. The molecular weight excluding hydrogens is 188 g/mol. The SMILES string of the molecule is CCn1ccnc1C=Nc1ccccn1. The maximum atomic E-state index is 4.24. The Morgan fingerprint density at radius 2 is 2.27 bits per heavy atom. The van der Waals surface area contributed by atoms with Crippen molar-refractivity contribution in [2.24, 2.45) is 4.99 Å². The zero-order chi connectivity index (χ0) is 10.5. The molecule has 0 fully saturated rings. The number of imidazole rings is 1. The molecule has 76 valence electrons. The first-order valence-electron chi connectivity index (χ1n) is 4.86. The third-order valence-corrected chi connectivity index (χ3v) is 2.05. The Morgan fingerprint density at radius 1 is 1.33 bits per heavy atom. The van der Waals surface area contributed by atoms with Gasteiger partial charge in [-0.1, -0.05) is 6.07 Å². The first-order chi connectivity index (χ1) is 7.40. The van der Waals surface area contributed by atoms with Crippen molar-refractivity contribution in [2.45, 2.75) is 13.5 Å². The summed E-state index contributed by atoms with van der Waals surface area (Å²) in [5, 5.41) is 0. The first kappa shape index (κ1) is 9.58. The van der Waals surface area contributed by atoms with Gasteiger partial charge in [0.05, 0.1) is 6.21 Å². The molecule has 0 aliphatic rings. The van der Waals surface area contributed by atoms with Crippen molar-refractivity contribution in [1.29, 1.82) is 0 Å². The van der Waals surface area contributed by atoms with E-state index >= 15 is 0 Å². The van der Waals surface area contributed by atoms with Gasteiger partial charge < -0.3 is 4.57 Å². The van der Waals surface area contributed by atoms with Crippen molar-refractivity contribution < 1.29 is 0 Å². The van der Waals surface area contributed by atoms with E-state index in [4.69, 9.17) is 0 Å². The zero-order valence-corrected chi connectivity index (χ0v) is 8.54. The van der Waals surface area contributed by atoms with Crippen LogP contribution in [-0.2, 0) is 6.54 Å². The van der Waals surface area contributed by atoms with Crippen molar-refractivity contribution in [3.8, 4) is 0 Å². The molecule has 0 saturated carbocycles. The van der Waals surface area contributed by atoms with E-state index in [0.29, 0.717) is 5.82 Å². The summed E-state index contributed by atoms with van der Waals surface area (Å²) in [6.07, 6.45) is 7.15. The molecule has 0 radical (unpaired) electrons. The highest BCUT2D eigenvalue weighted by atomic mass is 15.1. The molecule has 0 aliphatic carbocycles. The summed E-state index contributed by atoms with van der Waals surface area (Å²) >= 11 is 0. The smallest absolute Gasteiger partial charge is 0.151 e. The lowest BCUT2D eigenvalue weighted by Crippen LogP contribution is -1.99. The predicted molar refractivity (Wildman–Crippen MR) is 59.4 cm³/mol. The highest BCUT2D eigenvalue weighted by molar-refractivity contribution is 5.77. The van der Waals surface area contributed by atoms with Gasteiger partial charge in [-0.25, -0.2) is 15.0 Å². The molecule has 0 unspecified atom stereocenters. The molecule has 0 aliphatic heterocycles. The first-order valence-corrected chi connectivity index (χ1v) is 4.86. The van der Waals surface area contributed by atoms with Crippen molar-refractivity contribution in [1.82, 2.24) is 14.5 Å². The van der Waals surface area contributed by atoms with Crippen LogP contribution >= 0.6 is 0 Å². The van der Waals surface area contributed by atoms with Gasteiger partial charge in [-0.2, -0.15) is 0 Å². The molecule has 0 N–H and O–H groups in total. The van der Waals surface area contributed by atoms with Crippen LogP contribution in [0.1, 0.15) is 12.7 Å². The summed E-state index contributed by atoms with van der Waals surface area (Å²) in [6, 6.07) is 5.63. The second kappa shape index (κ2) is 4.50. The summed E-state index contributed by atoms with van der Waals surface area (Å²) in [6.45, 7) is 2.96. The molecule has 4 heteroatoms. The van der Waals surface area contributed by atoms with Crippen LogP contribution in [0.4, 0.5) is 5.82 Å². The highest BCUT2D eigenvalue weighted by Gasteiger charge is 1.96. The molecule has 15 heavy (non-hydrogen) atoms. The fourth-order valence-electron chi connectivity index (χ4n) is 1.27. The number of rotatable bonds is 3. The average molecular weight is 200 g/mol. The van der Waals surface area contributed by atoms with Crippen molar-refractivity contribution in [3.63, 3.8) is 0 Å². The number of hydrogen-bond acceptors (Lipinski definition) is 3. The highest BCUT2D eigenvalue weighted by Crippen LogP contribution is 2.04. The van der Waals surface area contributed by atoms with E-state index in [9.17, 15) is 0 Å². The van der Waals surface area contributed by atoms with Crippen LogP contribution in [-0.4, -0.2) is 20.7 Å². The lowest BCUT2D eigenvalue weighted by molar-refractivity contribution is 0.755. The maximum Gasteiger partial charge on any atom is 0.151 e. The Labute approximate surface area is 88.3 Å². The van der Waals surface area contributed by atoms with E-state index in [-0.39, 0.29) is 0 Å². The fourth-order valence-corrected chi connectivity index (χ4v) is 1.27. The van der Waals surface area contributed by atoms with Gasteiger partial charge in [-0.15, -0.1) is 0 Å². The van der Waals surface area contributed by atoms with Gasteiger partial charge in [0.15, 0.2) is 11.6 Å². The molecular formula is C11H12N4. The van der Waals surface area contributed by atoms with Crippen molar-refractivity contribution >= 4 is 12.0 Å². The van der Waals surface area contributed by atoms with Gasteiger partial charge in [0.25, 0.3) is 0 Å². The Balaban J connectivity index is 2.19. The van der Waals surface area contributed by atoms with E-state index in [0.717, 1.165) is 12.4 Å². The van der Waals surface area contributed by atoms with Crippen molar-refractivity contribution in [2.75, 3.05) is 0 Å². The second-order valence-electron chi connectivity index (χ2n) is 3.02. The molecule has 2 heterocycles. The zero-order valence-electron chi connectivity index (χ0n) is 8.54. The number of hydrogen-bond donors (Lipinski definition) is 0. The van der Waals surface area contributed by atoms with Crippen LogP contribution in [0.15, 0.2) is 41.8 Å².